The number of aromatic nitrogens is 2. The van der Waals surface area contributed by atoms with Crippen LogP contribution >= 0.6 is 0 Å². The summed E-state index contributed by atoms with van der Waals surface area (Å²) in [6.45, 7) is 6.84. The van der Waals surface area contributed by atoms with Crippen LogP contribution in [-0.4, -0.2) is 9.13 Å². The van der Waals surface area contributed by atoms with Gasteiger partial charge in [-0.1, -0.05) is 170 Å². The van der Waals surface area contributed by atoms with Gasteiger partial charge in [0.1, 0.15) is 0 Å². The molecule has 0 aliphatic carbocycles. The zero-order chi connectivity index (χ0) is 38.3. The van der Waals surface area contributed by atoms with Crippen LogP contribution in [0, 0.1) is 6.92 Å². The first-order valence-corrected chi connectivity index (χ1v) is 19.5. The maximum Gasteiger partial charge on any atom is 0.0547 e. The van der Waals surface area contributed by atoms with E-state index in [1.165, 1.54) is 71.8 Å². The summed E-state index contributed by atoms with van der Waals surface area (Å²) in [4.78, 5) is 0. The van der Waals surface area contributed by atoms with Crippen molar-refractivity contribution in [3.8, 4) is 44.8 Å². The van der Waals surface area contributed by atoms with Gasteiger partial charge in [-0.3, -0.25) is 0 Å². The van der Waals surface area contributed by atoms with E-state index in [2.05, 4.69) is 235 Å². The second-order valence-electron chi connectivity index (χ2n) is 14.7. The fourth-order valence-corrected chi connectivity index (χ4v) is 8.43. The molecule has 0 aliphatic rings. The molecule has 0 aliphatic heterocycles. The fraction of sp³-hybridized carbons (Fsp3) is 0.0182. The van der Waals surface area contributed by atoms with Gasteiger partial charge in [0.25, 0.3) is 0 Å². The molecule has 0 atom stereocenters. The van der Waals surface area contributed by atoms with Gasteiger partial charge < -0.3 is 9.13 Å². The van der Waals surface area contributed by atoms with Crippen LogP contribution in [0.2, 0.25) is 0 Å². The van der Waals surface area contributed by atoms with E-state index in [1.807, 2.05) is 0 Å². The maximum atomic E-state index is 4.61. The molecule has 270 valence electrons. The van der Waals surface area contributed by atoms with Crippen LogP contribution in [0.4, 0.5) is 0 Å². The Kier molecular flexibility index (Phi) is 8.58. The predicted molar refractivity (Wildman–Crippen MR) is 243 cm³/mol. The summed E-state index contributed by atoms with van der Waals surface area (Å²) in [6.07, 6.45) is 4.43. The maximum absolute atomic E-state index is 4.61. The molecule has 0 radical (unpaired) electrons. The number of nitrogens with zero attached hydrogens (tertiary/aromatic N) is 2. The summed E-state index contributed by atoms with van der Waals surface area (Å²) in [5, 5.41) is 3.67. The summed E-state index contributed by atoms with van der Waals surface area (Å²) in [7, 11) is 0. The minimum atomic E-state index is 0.960. The Morgan fingerprint density at radius 1 is 0.404 bits per heavy atom. The van der Waals surface area contributed by atoms with Crippen molar-refractivity contribution in [3.05, 3.63) is 230 Å². The van der Waals surface area contributed by atoms with Gasteiger partial charge in [-0.2, -0.15) is 0 Å². The van der Waals surface area contributed by atoms with Crippen LogP contribution in [0.1, 0.15) is 16.8 Å². The standard InChI is InChI=1S/C55H40N2/c1-38(44-29-33-52-51-23-13-15-25-54(51)57(55(52)37-44)47-30-27-43(28-31-47)40-16-6-3-7-17-40)26-32-49-39(2)56(53-24-14-12-22-50(49)53)48-35-45(41-18-8-4-9-19-41)34-46(36-48)42-20-10-5-11-21-42/h3-37H,1H2,2H3/b32-26-. The van der Waals surface area contributed by atoms with Crippen LogP contribution < -0.4 is 0 Å². The van der Waals surface area contributed by atoms with Gasteiger partial charge in [0.05, 0.1) is 16.6 Å². The third kappa shape index (κ3) is 6.18. The van der Waals surface area contributed by atoms with Crippen molar-refractivity contribution in [3.63, 3.8) is 0 Å². The molecule has 8 aromatic carbocycles. The summed E-state index contributed by atoms with van der Waals surface area (Å²) in [5.41, 5.74) is 17.4. The molecule has 0 saturated carbocycles. The van der Waals surface area contributed by atoms with Crippen molar-refractivity contribution in [2.24, 2.45) is 0 Å². The first kappa shape index (κ1) is 34.1. The molecule has 2 heterocycles. The molecule has 2 aromatic heterocycles. The number of para-hydroxylation sites is 2. The SMILES string of the molecule is C=C(/C=C\c1c(C)n(-c2cc(-c3ccccc3)cc(-c3ccccc3)c2)c2ccccc12)c1ccc2c3ccccc3n(-c3ccc(-c4ccccc4)cc3)c2c1. The molecule has 2 nitrogen and oxygen atoms in total. The zero-order valence-corrected chi connectivity index (χ0v) is 31.8. The lowest BCUT2D eigenvalue weighted by Crippen LogP contribution is -1.98. The molecule has 0 fully saturated rings. The number of allylic oxidation sites excluding steroid dienone is 2. The van der Waals surface area contributed by atoms with E-state index >= 15 is 0 Å². The van der Waals surface area contributed by atoms with Gasteiger partial charge in [0, 0.05) is 38.8 Å². The van der Waals surface area contributed by atoms with Crippen LogP contribution in [-0.2, 0) is 0 Å². The zero-order valence-electron chi connectivity index (χ0n) is 31.8. The molecule has 0 unspecified atom stereocenters. The van der Waals surface area contributed by atoms with Crippen molar-refractivity contribution in [1.29, 1.82) is 0 Å². The van der Waals surface area contributed by atoms with Crippen LogP contribution in [0.15, 0.2) is 213 Å². The number of rotatable bonds is 8. The molecule has 0 amide bonds. The number of hydrogen-bond donors (Lipinski definition) is 0. The smallest absolute Gasteiger partial charge is 0.0547 e. The average Bonchev–Trinajstić information content (AvgIpc) is 3.76. The van der Waals surface area contributed by atoms with Crippen molar-refractivity contribution in [2.45, 2.75) is 6.92 Å². The van der Waals surface area contributed by atoms with Gasteiger partial charge in [-0.05, 0) is 100.0 Å². The Morgan fingerprint density at radius 3 is 1.51 bits per heavy atom. The third-order valence-electron chi connectivity index (χ3n) is 11.3. The van der Waals surface area contributed by atoms with Gasteiger partial charge in [-0.25, -0.2) is 0 Å². The Hall–Kier alpha value is -7.42. The summed E-state index contributed by atoms with van der Waals surface area (Å²) in [6, 6.07) is 71.9. The van der Waals surface area contributed by atoms with E-state index in [1.54, 1.807) is 0 Å². The average molecular weight is 729 g/mol. The van der Waals surface area contributed by atoms with E-state index in [0.29, 0.717) is 0 Å². The number of hydrogen-bond acceptors (Lipinski definition) is 0. The molecule has 10 rings (SSSR count). The molecule has 0 N–H and O–H groups in total. The molecule has 57 heavy (non-hydrogen) atoms. The van der Waals surface area contributed by atoms with Crippen LogP contribution in [0.25, 0.3) is 89.1 Å². The van der Waals surface area contributed by atoms with E-state index in [-0.39, 0.29) is 0 Å². The quantitative estimate of drug-likeness (QED) is 0.138. The van der Waals surface area contributed by atoms with Gasteiger partial charge in [0.15, 0.2) is 0 Å². The minimum Gasteiger partial charge on any atom is -0.313 e. The predicted octanol–water partition coefficient (Wildman–Crippen LogP) is 14.8. The molecule has 10 aromatic rings. The summed E-state index contributed by atoms with van der Waals surface area (Å²) in [5.74, 6) is 0. The molecule has 0 bridgehead atoms. The molecular formula is C55H40N2. The van der Waals surface area contributed by atoms with E-state index in [0.717, 1.165) is 28.0 Å². The van der Waals surface area contributed by atoms with Gasteiger partial charge >= 0.3 is 0 Å². The van der Waals surface area contributed by atoms with Gasteiger partial charge in [0.2, 0.25) is 0 Å². The largest absolute Gasteiger partial charge is 0.313 e. The highest BCUT2D eigenvalue weighted by atomic mass is 15.0. The number of fused-ring (bicyclic) bond motifs is 4. The second kappa shape index (κ2) is 14.3. The van der Waals surface area contributed by atoms with E-state index < -0.39 is 0 Å². The first-order valence-electron chi connectivity index (χ1n) is 19.5. The Balaban J connectivity index is 1.05. The van der Waals surface area contributed by atoms with Crippen molar-refractivity contribution in [2.75, 3.05) is 0 Å². The summed E-state index contributed by atoms with van der Waals surface area (Å²) >= 11 is 0. The lowest BCUT2D eigenvalue weighted by molar-refractivity contribution is 1.05. The van der Waals surface area contributed by atoms with Crippen molar-refractivity contribution >= 4 is 44.4 Å². The Labute approximate surface area is 333 Å². The highest BCUT2D eigenvalue weighted by molar-refractivity contribution is 6.10. The highest BCUT2D eigenvalue weighted by Gasteiger charge is 2.17. The molecule has 0 spiro atoms. The Bertz CT molecular complexity index is 3050. The third-order valence-corrected chi connectivity index (χ3v) is 11.3. The summed E-state index contributed by atoms with van der Waals surface area (Å²) < 4.78 is 4.79. The molecule has 0 saturated heterocycles. The van der Waals surface area contributed by atoms with Crippen molar-refractivity contribution < 1.29 is 0 Å². The van der Waals surface area contributed by atoms with Crippen LogP contribution in [0.5, 0.6) is 0 Å². The van der Waals surface area contributed by atoms with E-state index in [9.17, 15) is 0 Å². The highest BCUT2D eigenvalue weighted by Crippen LogP contribution is 2.37. The fourth-order valence-electron chi connectivity index (χ4n) is 8.43. The number of benzene rings is 8. The van der Waals surface area contributed by atoms with Crippen LogP contribution in [0.3, 0.4) is 0 Å². The lowest BCUT2D eigenvalue weighted by Gasteiger charge is -2.14. The monoisotopic (exact) mass is 728 g/mol. The molecule has 2 heteroatoms. The topological polar surface area (TPSA) is 9.86 Å². The van der Waals surface area contributed by atoms with E-state index in [4.69, 9.17) is 0 Å². The first-order chi connectivity index (χ1) is 28.1. The minimum absolute atomic E-state index is 0.960. The second-order valence-corrected chi connectivity index (χ2v) is 14.7. The van der Waals surface area contributed by atoms with Gasteiger partial charge in [-0.15, -0.1) is 0 Å². The van der Waals surface area contributed by atoms with Crippen molar-refractivity contribution in [1.82, 2.24) is 9.13 Å². The molecular weight excluding hydrogens is 689 g/mol. The normalized spacial score (nSPS) is 11.6. The Morgan fingerprint density at radius 2 is 0.895 bits per heavy atom. The lowest BCUT2D eigenvalue weighted by atomic mass is 9.98.